The van der Waals surface area contributed by atoms with Crippen LogP contribution < -0.4 is 9.64 Å². The average Bonchev–Trinajstić information content (AvgIpc) is 3.06. The lowest BCUT2D eigenvalue weighted by Gasteiger charge is -2.21. The number of hydrogen-bond acceptors (Lipinski definition) is 4. The lowest BCUT2D eigenvalue weighted by Crippen LogP contribution is -2.34. The van der Waals surface area contributed by atoms with Crippen molar-refractivity contribution in [1.82, 2.24) is 4.90 Å². The number of carbonyl (C=O) groups is 2. The van der Waals surface area contributed by atoms with E-state index in [0.717, 1.165) is 11.1 Å². The number of rotatable bonds is 7. The third-order valence-corrected chi connectivity index (χ3v) is 5.17. The predicted octanol–water partition coefficient (Wildman–Crippen LogP) is 4.50. The van der Waals surface area contributed by atoms with Crippen molar-refractivity contribution >= 4 is 23.1 Å². The van der Waals surface area contributed by atoms with Gasteiger partial charge in [-0.2, -0.15) is 0 Å². The molecule has 0 aromatic heterocycles. The van der Waals surface area contributed by atoms with Gasteiger partial charge in [0.2, 0.25) is 0 Å². The molecule has 31 heavy (non-hydrogen) atoms. The van der Waals surface area contributed by atoms with Crippen LogP contribution in [0.2, 0.25) is 0 Å². The summed E-state index contributed by atoms with van der Waals surface area (Å²) in [7, 11) is 1.85. The molecule has 5 heteroatoms. The molecule has 2 amide bonds. The minimum Gasteiger partial charge on any atom is -0.494 e. The van der Waals surface area contributed by atoms with Crippen LogP contribution in [0, 0.1) is 0 Å². The Morgan fingerprint density at radius 2 is 1.42 bits per heavy atom. The Morgan fingerprint density at radius 1 is 0.806 bits per heavy atom. The molecule has 156 valence electrons. The Morgan fingerprint density at radius 3 is 2.03 bits per heavy atom. The van der Waals surface area contributed by atoms with E-state index in [4.69, 9.17) is 4.74 Å². The van der Waals surface area contributed by atoms with Crippen molar-refractivity contribution in [3.63, 3.8) is 0 Å². The number of likely N-dealkylation sites (N-methyl/N-ethyl adjacent to an activating group) is 1. The van der Waals surface area contributed by atoms with E-state index in [1.165, 1.54) is 4.90 Å². The number of ether oxygens (including phenoxy) is 1. The van der Waals surface area contributed by atoms with Gasteiger partial charge in [-0.25, -0.2) is 4.90 Å². The Labute approximate surface area is 182 Å². The number of amides is 2. The summed E-state index contributed by atoms with van der Waals surface area (Å²) in [5.74, 6) is 0.0460. The Balaban J connectivity index is 1.73. The summed E-state index contributed by atoms with van der Waals surface area (Å²) < 4.78 is 5.49. The van der Waals surface area contributed by atoms with Gasteiger partial charge in [0.1, 0.15) is 11.4 Å². The highest BCUT2D eigenvalue weighted by Crippen LogP contribution is 2.35. The summed E-state index contributed by atoms with van der Waals surface area (Å²) in [6, 6.07) is 26.3. The fourth-order valence-electron chi connectivity index (χ4n) is 3.77. The number of anilines is 1. The third kappa shape index (κ3) is 4.08. The summed E-state index contributed by atoms with van der Waals surface area (Å²) in [5.41, 5.74) is 3.12. The quantitative estimate of drug-likeness (QED) is 0.536. The zero-order valence-electron chi connectivity index (χ0n) is 17.6. The zero-order chi connectivity index (χ0) is 21.8. The Kier molecular flexibility index (Phi) is 5.85. The van der Waals surface area contributed by atoms with Crippen molar-refractivity contribution in [2.75, 3.05) is 18.6 Å². The molecule has 0 unspecified atom stereocenters. The van der Waals surface area contributed by atoms with E-state index in [9.17, 15) is 9.59 Å². The number of hydrogen-bond donors (Lipinski definition) is 0. The first kappa shape index (κ1) is 20.4. The van der Waals surface area contributed by atoms with E-state index in [-0.39, 0.29) is 11.8 Å². The molecule has 0 fully saturated rings. The minimum atomic E-state index is -0.327. The minimum absolute atomic E-state index is 0.324. The Bertz CT molecular complexity index is 1110. The molecule has 4 rings (SSSR count). The third-order valence-electron chi connectivity index (χ3n) is 5.17. The predicted molar refractivity (Wildman–Crippen MR) is 121 cm³/mol. The van der Waals surface area contributed by atoms with Crippen molar-refractivity contribution < 1.29 is 14.3 Å². The molecule has 0 atom stereocenters. The SMILES string of the molecule is CCOc1ccc(N2C(=O)C(c3ccccc3)=C(N(C)Cc3ccccc3)C2=O)cc1. The van der Waals surface area contributed by atoms with Gasteiger partial charge in [-0.3, -0.25) is 9.59 Å². The van der Waals surface area contributed by atoms with Crippen LogP contribution >= 0.6 is 0 Å². The van der Waals surface area contributed by atoms with Gasteiger partial charge in [0.15, 0.2) is 0 Å². The Hall–Kier alpha value is -3.86. The van der Waals surface area contributed by atoms with Crippen molar-refractivity contribution in [2.45, 2.75) is 13.5 Å². The summed E-state index contributed by atoms with van der Waals surface area (Å²) >= 11 is 0. The van der Waals surface area contributed by atoms with E-state index in [0.29, 0.717) is 35.9 Å². The molecule has 1 aliphatic heterocycles. The standard InChI is InChI=1S/C26H24N2O3/c1-3-31-22-16-14-21(15-17-22)28-25(29)23(20-12-8-5-9-13-20)24(26(28)30)27(2)18-19-10-6-4-7-11-19/h4-17H,3,18H2,1-2H3. The van der Waals surface area contributed by atoms with Crippen molar-refractivity contribution in [2.24, 2.45) is 0 Å². The fraction of sp³-hybridized carbons (Fsp3) is 0.154. The highest BCUT2D eigenvalue weighted by atomic mass is 16.5. The molecule has 1 aliphatic rings. The van der Waals surface area contributed by atoms with Crippen LogP contribution in [0.15, 0.2) is 90.6 Å². The second-order valence-corrected chi connectivity index (χ2v) is 7.30. The topological polar surface area (TPSA) is 49.9 Å². The largest absolute Gasteiger partial charge is 0.494 e. The second-order valence-electron chi connectivity index (χ2n) is 7.30. The van der Waals surface area contributed by atoms with E-state index in [1.54, 1.807) is 24.3 Å². The average molecular weight is 412 g/mol. The molecule has 3 aromatic carbocycles. The monoisotopic (exact) mass is 412 g/mol. The van der Waals surface area contributed by atoms with E-state index >= 15 is 0 Å². The number of imide groups is 1. The molecule has 0 aliphatic carbocycles. The summed E-state index contributed by atoms with van der Waals surface area (Å²) in [4.78, 5) is 30.1. The molecule has 0 spiro atoms. The van der Waals surface area contributed by atoms with Crippen LogP contribution in [-0.2, 0) is 16.1 Å². The van der Waals surface area contributed by atoms with E-state index in [2.05, 4.69) is 0 Å². The van der Waals surface area contributed by atoms with Gasteiger partial charge >= 0.3 is 0 Å². The molecule has 0 saturated carbocycles. The molecule has 1 heterocycles. The lowest BCUT2D eigenvalue weighted by molar-refractivity contribution is -0.120. The molecule has 0 saturated heterocycles. The lowest BCUT2D eigenvalue weighted by atomic mass is 10.0. The number of carbonyl (C=O) groups excluding carboxylic acids is 2. The van der Waals surface area contributed by atoms with Crippen molar-refractivity contribution in [3.8, 4) is 5.75 Å². The van der Waals surface area contributed by atoms with Gasteiger partial charge in [0, 0.05) is 13.6 Å². The van der Waals surface area contributed by atoms with E-state index < -0.39 is 0 Å². The number of nitrogens with zero attached hydrogens (tertiary/aromatic N) is 2. The fourth-order valence-corrected chi connectivity index (χ4v) is 3.77. The summed E-state index contributed by atoms with van der Waals surface area (Å²) in [5, 5.41) is 0. The van der Waals surface area contributed by atoms with Crippen LogP contribution in [0.25, 0.3) is 5.57 Å². The van der Waals surface area contributed by atoms with Gasteiger partial charge in [-0.15, -0.1) is 0 Å². The molecule has 0 bridgehead atoms. The molecule has 5 nitrogen and oxygen atoms in total. The van der Waals surface area contributed by atoms with Crippen LogP contribution in [0.5, 0.6) is 5.75 Å². The van der Waals surface area contributed by atoms with Gasteiger partial charge in [-0.1, -0.05) is 60.7 Å². The highest BCUT2D eigenvalue weighted by Gasteiger charge is 2.41. The smallest absolute Gasteiger partial charge is 0.282 e. The van der Waals surface area contributed by atoms with Crippen LogP contribution in [0.3, 0.4) is 0 Å². The van der Waals surface area contributed by atoms with Gasteiger partial charge < -0.3 is 9.64 Å². The van der Waals surface area contributed by atoms with Crippen molar-refractivity contribution in [1.29, 1.82) is 0 Å². The van der Waals surface area contributed by atoms with Gasteiger partial charge in [0.05, 0.1) is 17.9 Å². The maximum absolute atomic E-state index is 13.5. The highest BCUT2D eigenvalue weighted by molar-refractivity contribution is 6.45. The maximum atomic E-state index is 13.5. The molecular formula is C26H24N2O3. The first-order chi connectivity index (χ1) is 15.1. The van der Waals surface area contributed by atoms with Crippen LogP contribution in [0.4, 0.5) is 5.69 Å². The van der Waals surface area contributed by atoms with Crippen LogP contribution in [0.1, 0.15) is 18.1 Å². The van der Waals surface area contributed by atoms with Gasteiger partial charge in [-0.05, 0) is 42.3 Å². The normalized spacial score (nSPS) is 13.7. The van der Waals surface area contributed by atoms with Crippen LogP contribution in [-0.4, -0.2) is 30.4 Å². The molecule has 0 N–H and O–H groups in total. The number of benzene rings is 3. The molecular weight excluding hydrogens is 388 g/mol. The zero-order valence-corrected chi connectivity index (χ0v) is 17.6. The summed E-state index contributed by atoms with van der Waals surface area (Å²) in [6.45, 7) is 2.98. The van der Waals surface area contributed by atoms with Crippen molar-refractivity contribution in [3.05, 3.63) is 102 Å². The molecule has 0 radical (unpaired) electrons. The maximum Gasteiger partial charge on any atom is 0.282 e. The first-order valence-corrected chi connectivity index (χ1v) is 10.3. The first-order valence-electron chi connectivity index (χ1n) is 10.3. The summed E-state index contributed by atoms with van der Waals surface area (Å²) in [6.07, 6.45) is 0. The van der Waals surface area contributed by atoms with Gasteiger partial charge in [0.25, 0.3) is 11.8 Å². The van der Waals surface area contributed by atoms with E-state index in [1.807, 2.05) is 79.5 Å². The molecule has 3 aromatic rings. The second kappa shape index (κ2) is 8.88.